The fourth-order valence-corrected chi connectivity index (χ4v) is 2.08. The summed E-state index contributed by atoms with van der Waals surface area (Å²) in [5.74, 6) is 0.494. The summed E-state index contributed by atoms with van der Waals surface area (Å²) in [7, 11) is 1.66. The van der Waals surface area contributed by atoms with Gasteiger partial charge in [-0.15, -0.1) is 0 Å². The van der Waals surface area contributed by atoms with E-state index in [9.17, 15) is 0 Å². The lowest BCUT2D eigenvalue weighted by Gasteiger charge is -2.17. The SMILES string of the molecule is COC1C=C(c2ccc3ncnc(N)c3c2)C=CN1. The maximum Gasteiger partial charge on any atom is 0.147 e. The molecule has 5 nitrogen and oxygen atoms in total. The van der Waals surface area contributed by atoms with Gasteiger partial charge in [0.15, 0.2) is 0 Å². The smallest absolute Gasteiger partial charge is 0.147 e. The zero-order valence-electron chi connectivity index (χ0n) is 10.5. The van der Waals surface area contributed by atoms with Gasteiger partial charge >= 0.3 is 0 Å². The molecule has 1 atom stereocenters. The number of hydrogen-bond donors (Lipinski definition) is 2. The van der Waals surface area contributed by atoms with Gasteiger partial charge in [-0.3, -0.25) is 0 Å². The molecule has 96 valence electrons. The molecule has 0 fully saturated rings. The number of benzene rings is 1. The fourth-order valence-electron chi connectivity index (χ4n) is 2.08. The van der Waals surface area contributed by atoms with E-state index in [1.807, 2.05) is 36.6 Å². The Morgan fingerprint density at radius 3 is 3.05 bits per heavy atom. The Morgan fingerprint density at radius 1 is 1.32 bits per heavy atom. The van der Waals surface area contributed by atoms with Gasteiger partial charge in [0.1, 0.15) is 18.4 Å². The second-order valence-electron chi connectivity index (χ2n) is 4.27. The second kappa shape index (κ2) is 4.70. The molecule has 3 rings (SSSR count). The number of nitrogens with zero attached hydrogens (tertiary/aromatic N) is 2. The van der Waals surface area contributed by atoms with Crippen LogP contribution in [0.15, 0.2) is 42.9 Å². The number of nitrogen functional groups attached to an aromatic ring is 1. The zero-order chi connectivity index (χ0) is 13.2. The van der Waals surface area contributed by atoms with E-state index in [1.54, 1.807) is 7.11 Å². The van der Waals surface area contributed by atoms with Crippen LogP contribution >= 0.6 is 0 Å². The monoisotopic (exact) mass is 254 g/mol. The van der Waals surface area contributed by atoms with Gasteiger partial charge in [-0.05, 0) is 41.6 Å². The topological polar surface area (TPSA) is 73.1 Å². The van der Waals surface area contributed by atoms with Crippen LogP contribution in [-0.4, -0.2) is 23.3 Å². The van der Waals surface area contributed by atoms with Crippen molar-refractivity contribution in [1.29, 1.82) is 0 Å². The molecule has 2 heterocycles. The highest BCUT2D eigenvalue weighted by Gasteiger charge is 2.10. The molecule has 1 aliphatic rings. The van der Waals surface area contributed by atoms with Crippen molar-refractivity contribution in [3.63, 3.8) is 0 Å². The van der Waals surface area contributed by atoms with Gasteiger partial charge in [-0.2, -0.15) is 0 Å². The highest BCUT2D eigenvalue weighted by atomic mass is 16.5. The number of ether oxygens (including phenoxy) is 1. The molecular formula is C14H14N4O. The molecule has 1 aromatic heterocycles. The number of methoxy groups -OCH3 is 1. The number of rotatable bonds is 2. The second-order valence-corrected chi connectivity index (χ2v) is 4.27. The molecule has 1 aromatic carbocycles. The molecule has 0 saturated heterocycles. The van der Waals surface area contributed by atoms with Crippen LogP contribution in [0.1, 0.15) is 5.56 Å². The molecular weight excluding hydrogens is 240 g/mol. The van der Waals surface area contributed by atoms with E-state index in [-0.39, 0.29) is 6.23 Å². The zero-order valence-corrected chi connectivity index (χ0v) is 10.5. The summed E-state index contributed by atoms with van der Waals surface area (Å²) in [5, 5.41) is 3.95. The van der Waals surface area contributed by atoms with Crippen LogP contribution in [0.2, 0.25) is 0 Å². The van der Waals surface area contributed by atoms with E-state index in [1.165, 1.54) is 6.33 Å². The van der Waals surface area contributed by atoms with Crippen LogP contribution in [-0.2, 0) is 4.74 Å². The van der Waals surface area contributed by atoms with Crippen LogP contribution in [0.4, 0.5) is 5.82 Å². The molecule has 0 radical (unpaired) electrons. The standard InChI is InChI=1S/C14H14N4O/c1-19-13-7-10(4-5-16-13)9-2-3-12-11(6-9)14(15)18-8-17-12/h2-8,13,16H,1H3,(H2,15,17,18). The summed E-state index contributed by atoms with van der Waals surface area (Å²) in [6.45, 7) is 0. The van der Waals surface area contributed by atoms with Crippen LogP contribution in [0.5, 0.6) is 0 Å². The highest BCUT2D eigenvalue weighted by molar-refractivity contribution is 5.91. The lowest BCUT2D eigenvalue weighted by atomic mass is 10.0. The molecule has 0 saturated carbocycles. The summed E-state index contributed by atoms with van der Waals surface area (Å²) >= 11 is 0. The number of nitrogens with two attached hydrogens (primary N) is 1. The molecule has 1 aliphatic heterocycles. The number of anilines is 1. The van der Waals surface area contributed by atoms with Gasteiger partial charge in [0.05, 0.1) is 5.52 Å². The first-order valence-corrected chi connectivity index (χ1v) is 5.96. The highest BCUT2D eigenvalue weighted by Crippen LogP contribution is 2.25. The van der Waals surface area contributed by atoms with Crippen LogP contribution in [0.25, 0.3) is 16.5 Å². The van der Waals surface area contributed by atoms with E-state index in [0.29, 0.717) is 5.82 Å². The Labute approximate surface area is 110 Å². The average molecular weight is 254 g/mol. The lowest BCUT2D eigenvalue weighted by Crippen LogP contribution is -2.26. The van der Waals surface area contributed by atoms with Crippen LogP contribution in [0, 0.1) is 0 Å². The van der Waals surface area contributed by atoms with E-state index < -0.39 is 0 Å². The summed E-state index contributed by atoms with van der Waals surface area (Å²) in [4.78, 5) is 8.21. The fraction of sp³-hybridized carbons (Fsp3) is 0.143. The first-order chi connectivity index (χ1) is 9.28. The summed E-state index contributed by atoms with van der Waals surface area (Å²) in [6, 6.07) is 5.96. The predicted octanol–water partition coefficient (Wildman–Crippen LogP) is 1.68. The normalized spacial score (nSPS) is 18.2. The molecule has 19 heavy (non-hydrogen) atoms. The number of hydrogen-bond acceptors (Lipinski definition) is 5. The number of allylic oxidation sites excluding steroid dienone is 2. The van der Waals surface area contributed by atoms with E-state index in [4.69, 9.17) is 10.5 Å². The third-order valence-corrected chi connectivity index (χ3v) is 3.11. The first-order valence-electron chi connectivity index (χ1n) is 5.96. The van der Waals surface area contributed by atoms with Gasteiger partial charge in [-0.25, -0.2) is 9.97 Å². The minimum absolute atomic E-state index is 0.111. The minimum atomic E-state index is -0.111. The Kier molecular flexibility index (Phi) is 2.89. The first kappa shape index (κ1) is 11.7. The molecule has 0 amide bonds. The number of dihydropyridines is 1. The van der Waals surface area contributed by atoms with E-state index in [0.717, 1.165) is 22.0 Å². The van der Waals surface area contributed by atoms with Crippen molar-refractivity contribution >= 4 is 22.3 Å². The van der Waals surface area contributed by atoms with Gasteiger partial charge in [-0.1, -0.05) is 6.07 Å². The lowest BCUT2D eigenvalue weighted by molar-refractivity contribution is 0.124. The minimum Gasteiger partial charge on any atom is -0.383 e. The maximum atomic E-state index is 5.88. The number of aromatic nitrogens is 2. The van der Waals surface area contributed by atoms with Crippen molar-refractivity contribution in [2.75, 3.05) is 12.8 Å². The van der Waals surface area contributed by atoms with E-state index in [2.05, 4.69) is 15.3 Å². The summed E-state index contributed by atoms with van der Waals surface area (Å²) in [6.07, 6.45) is 7.25. The Hall–Kier alpha value is -2.40. The Balaban J connectivity index is 2.08. The molecule has 0 aliphatic carbocycles. The van der Waals surface area contributed by atoms with Crippen molar-refractivity contribution in [3.05, 3.63) is 48.4 Å². The number of nitrogens with one attached hydrogen (secondary N) is 1. The Bertz CT molecular complexity index is 678. The molecule has 2 aromatic rings. The van der Waals surface area contributed by atoms with Gasteiger partial charge in [0.25, 0.3) is 0 Å². The summed E-state index contributed by atoms with van der Waals surface area (Å²) in [5.41, 5.74) is 8.87. The third-order valence-electron chi connectivity index (χ3n) is 3.11. The van der Waals surface area contributed by atoms with Gasteiger partial charge in [0.2, 0.25) is 0 Å². The van der Waals surface area contributed by atoms with E-state index >= 15 is 0 Å². The largest absolute Gasteiger partial charge is 0.383 e. The quantitative estimate of drug-likeness (QED) is 0.853. The predicted molar refractivity (Wildman–Crippen MR) is 75.0 cm³/mol. The molecule has 1 unspecified atom stereocenters. The van der Waals surface area contributed by atoms with Crippen molar-refractivity contribution in [3.8, 4) is 0 Å². The van der Waals surface area contributed by atoms with Gasteiger partial charge in [0, 0.05) is 12.5 Å². The van der Waals surface area contributed by atoms with Crippen molar-refractivity contribution in [1.82, 2.24) is 15.3 Å². The maximum absolute atomic E-state index is 5.88. The third kappa shape index (κ3) is 2.15. The summed E-state index contributed by atoms with van der Waals surface area (Å²) < 4.78 is 5.27. The molecule has 3 N–H and O–H groups in total. The average Bonchev–Trinajstić information content (AvgIpc) is 2.47. The van der Waals surface area contributed by atoms with Crippen molar-refractivity contribution in [2.24, 2.45) is 0 Å². The van der Waals surface area contributed by atoms with Crippen molar-refractivity contribution < 1.29 is 4.74 Å². The van der Waals surface area contributed by atoms with Gasteiger partial charge < -0.3 is 15.8 Å². The molecule has 0 bridgehead atoms. The number of fused-ring (bicyclic) bond motifs is 1. The van der Waals surface area contributed by atoms with Crippen LogP contribution in [0.3, 0.4) is 0 Å². The Morgan fingerprint density at radius 2 is 2.21 bits per heavy atom. The van der Waals surface area contributed by atoms with Crippen LogP contribution < -0.4 is 11.1 Å². The van der Waals surface area contributed by atoms with Crippen molar-refractivity contribution in [2.45, 2.75) is 6.23 Å². The molecule has 0 spiro atoms. The molecule has 5 heteroatoms.